The van der Waals surface area contributed by atoms with Gasteiger partial charge in [0.25, 0.3) is 5.91 Å². The molecule has 0 aromatic carbocycles. The fraction of sp³-hybridized carbons (Fsp3) is 0.621. The Morgan fingerprint density at radius 3 is 2.57 bits per heavy atom. The van der Waals surface area contributed by atoms with Crippen molar-refractivity contribution in [2.75, 3.05) is 6.54 Å². The second-order valence-corrected chi connectivity index (χ2v) is 11.3. The molecule has 5 rings (SSSR count). The summed E-state index contributed by atoms with van der Waals surface area (Å²) in [5.41, 5.74) is -0.135. The van der Waals surface area contributed by atoms with Gasteiger partial charge in [0, 0.05) is 6.54 Å². The molecule has 9 atom stereocenters. The van der Waals surface area contributed by atoms with Crippen LogP contribution in [0.2, 0.25) is 0 Å². The third-order valence-electron chi connectivity index (χ3n) is 9.52. The average Bonchev–Trinajstić information content (AvgIpc) is 3.44. The van der Waals surface area contributed by atoms with Crippen molar-refractivity contribution in [3.63, 3.8) is 0 Å². The van der Waals surface area contributed by atoms with Gasteiger partial charge in [-0.2, -0.15) is 0 Å². The third-order valence-corrected chi connectivity index (χ3v) is 9.52. The monoisotopic (exact) mass is 478 g/mol. The maximum absolute atomic E-state index is 12.8. The number of hydrogen-bond acceptors (Lipinski definition) is 4. The van der Waals surface area contributed by atoms with Gasteiger partial charge >= 0.3 is 0 Å². The second kappa shape index (κ2) is 9.79. The van der Waals surface area contributed by atoms with Crippen molar-refractivity contribution in [3.8, 4) is 0 Å². The minimum Gasteiger partial charge on any atom is -0.507 e. The van der Waals surface area contributed by atoms with Crippen LogP contribution in [0, 0.1) is 47.3 Å². The van der Waals surface area contributed by atoms with E-state index < -0.39 is 11.9 Å². The molecule has 6 heteroatoms. The lowest BCUT2D eigenvalue weighted by molar-refractivity contribution is -0.118. The molecule has 35 heavy (non-hydrogen) atoms. The molecule has 0 aromatic rings. The lowest BCUT2D eigenvalue weighted by Crippen LogP contribution is -2.31. The van der Waals surface area contributed by atoms with E-state index in [9.17, 15) is 19.5 Å². The van der Waals surface area contributed by atoms with E-state index in [2.05, 4.69) is 36.6 Å². The van der Waals surface area contributed by atoms with Gasteiger partial charge < -0.3 is 15.7 Å². The molecule has 0 aromatic heterocycles. The van der Waals surface area contributed by atoms with E-state index in [0.29, 0.717) is 49.0 Å². The van der Waals surface area contributed by atoms with Crippen LogP contribution >= 0.6 is 0 Å². The number of amides is 2. The van der Waals surface area contributed by atoms with Crippen molar-refractivity contribution in [2.24, 2.45) is 47.3 Å². The Hall–Kier alpha value is -2.63. The van der Waals surface area contributed by atoms with E-state index in [1.54, 1.807) is 12.2 Å². The highest BCUT2D eigenvalue weighted by molar-refractivity contribution is 6.27. The number of ketones is 1. The van der Waals surface area contributed by atoms with Gasteiger partial charge in [-0.25, -0.2) is 0 Å². The molecule has 2 aliphatic heterocycles. The van der Waals surface area contributed by atoms with Crippen molar-refractivity contribution in [1.29, 1.82) is 0 Å². The summed E-state index contributed by atoms with van der Waals surface area (Å²) < 4.78 is 0. The summed E-state index contributed by atoms with van der Waals surface area (Å²) in [7, 11) is 0. The summed E-state index contributed by atoms with van der Waals surface area (Å²) in [4.78, 5) is 37.6. The second-order valence-electron chi connectivity index (χ2n) is 11.3. The van der Waals surface area contributed by atoms with Crippen LogP contribution in [0.1, 0.15) is 52.4 Å². The van der Waals surface area contributed by atoms with Crippen molar-refractivity contribution in [1.82, 2.24) is 10.6 Å². The van der Waals surface area contributed by atoms with Crippen molar-refractivity contribution in [2.45, 2.75) is 58.4 Å². The zero-order valence-corrected chi connectivity index (χ0v) is 20.8. The predicted molar refractivity (Wildman–Crippen MR) is 134 cm³/mol. The Morgan fingerprint density at radius 2 is 1.77 bits per heavy atom. The van der Waals surface area contributed by atoms with Gasteiger partial charge in [0.2, 0.25) is 5.91 Å². The molecule has 5 aliphatic rings. The van der Waals surface area contributed by atoms with Gasteiger partial charge in [0.1, 0.15) is 11.3 Å². The molecular weight excluding hydrogens is 440 g/mol. The molecule has 3 N–H and O–H groups in total. The zero-order chi connectivity index (χ0) is 24.7. The van der Waals surface area contributed by atoms with E-state index >= 15 is 0 Å². The number of allylic oxidation sites excluding steroid dienone is 5. The van der Waals surface area contributed by atoms with Crippen LogP contribution in [0.15, 0.2) is 47.8 Å². The van der Waals surface area contributed by atoms with E-state index in [4.69, 9.17) is 0 Å². The molecule has 0 unspecified atom stereocenters. The minimum absolute atomic E-state index is 0.117. The van der Waals surface area contributed by atoms with Crippen LogP contribution in [-0.2, 0) is 14.4 Å². The molecule has 2 saturated carbocycles. The summed E-state index contributed by atoms with van der Waals surface area (Å²) in [6.45, 7) is 5.14. The fourth-order valence-electron chi connectivity index (χ4n) is 7.92. The Morgan fingerprint density at radius 1 is 1.00 bits per heavy atom. The summed E-state index contributed by atoms with van der Waals surface area (Å²) in [5.74, 6) is 3.16. The molecule has 0 radical (unpaired) electrons. The van der Waals surface area contributed by atoms with Crippen molar-refractivity contribution in [3.05, 3.63) is 47.8 Å². The first-order valence-corrected chi connectivity index (χ1v) is 13.5. The molecule has 3 fully saturated rings. The lowest BCUT2D eigenvalue weighted by atomic mass is 9.69. The lowest BCUT2D eigenvalue weighted by Gasteiger charge is -2.35. The molecule has 6 nitrogen and oxygen atoms in total. The molecule has 188 valence electrons. The largest absolute Gasteiger partial charge is 0.507 e. The fourth-order valence-corrected chi connectivity index (χ4v) is 7.92. The quantitative estimate of drug-likeness (QED) is 0.392. The van der Waals surface area contributed by atoms with Gasteiger partial charge in [0.05, 0.1) is 6.04 Å². The predicted octanol–water partition coefficient (Wildman–Crippen LogP) is 4.02. The van der Waals surface area contributed by atoms with Crippen LogP contribution in [0.5, 0.6) is 0 Å². The number of hydrogen-bond donors (Lipinski definition) is 3. The first kappa shape index (κ1) is 24.1. The summed E-state index contributed by atoms with van der Waals surface area (Å²) in [6, 6.07) is -0.645. The average molecular weight is 479 g/mol. The Kier molecular flexibility index (Phi) is 6.73. The number of carbonyl (C=O) groups is 3. The molecule has 2 bridgehead atoms. The van der Waals surface area contributed by atoms with E-state index in [0.717, 1.165) is 24.7 Å². The third kappa shape index (κ3) is 4.41. The highest BCUT2D eigenvalue weighted by atomic mass is 16.3. The molecule has 3 aliphatic carbocycles. The van der Waals surface area contributed by atoms with E-state index in [1.165, 1.54) is 12.8 Å². The Bertz CT molecular complexity index is 1010. The summed E-state index contributed by atoms with van der Waals surface area (Å²) in [5, 5.41) is 16.3. The van der Waals surface area contributed by atoms with Crippen LogP contribution in [0.3, 0.4) is 0 Å². The molecule has 2 heterocycles. The first-order valence-electron chi connectivity index (χ1n) is 13.5. The summed E-state index contributed by atoms with van der Waals surface area (Å²) in [6.07, 6.45) is 17.4. The number of aliphatic hydroxyl groups excluding tert-OH is 1. The first-order chi connectivity index (χ1) is 16.9. The molecule has 0 spiro atoms. The van der Waals surface area contributed by atoms with Gasteiger partial charge in [-0.15, -0.1) is 0 Å². The number of aliphatic hydroxyl groups is 1. The Balaban J connectivity index is 1.46. The Labute approximate surface area is 208 Å². The topological polar surface area (TPSA) is 95.5 Å². The molecule has 1 saturated heterocycles. The summed E-state index contributed by atoms with van der Waals surface area (Å²) >= 11 is 0. The van der Waals surface area contributed by atoms with Gasteiger partial charge in [-0.05, 0) is 91.6 Å². The normalized spacial score (nSPS) is 45.3. The van der Waals surface area contributed by atoms with Crippen LogP contribution in [0.25, 0.3) is 0 Å². The maximum Gasteiger partial charge on any atom is 0.259 e. The van der Waals surface area contributed by atoms with Crippen molar-refractivity contribution < 1.29 is 19.5 Å². The van der Waals surface area contributed by atoms with Gasteiger partial charge in [0.15, 0.2) is 5.78 Å². The van der Waals surface area contributed by atoms with Crippen LogP contribution in [-0.4, -0.2) is 35.3 Å². The zero-order valence-electron chi connectivity index (χ0n) is 20.8. The highest BCUT2D eigenvalue weighted by Crippen LogP contribution is 2.59. The number of rotatable bonds is 1. The highest BCUT2D eigenvalue weighted by Gasteiger charge is 2.52. The number of nitrogens with one attached hydrogen (secondary N) is 2. The smallest absolute Gasteiger partial charge is 0.259 e. The number of Topliss-reactive ketones (excluding diaryl/α,β-unsaturated/α-hetero) is 1. The van der Waals surface area contributed by atoms with Gasteiger partial charge in [-0.1, -0.05) is 44.6 Å². The van der Waals surface area contributed by atoms with E-state index in [1.807, 2.05) is 12.2 Å². The van der Waals surface area contributed by atoms with Crippen LogP contribution < -0.4 is 10.6 Å². The number of carbonyl (C=O) groups excluding carboxylic acids is 3. The van der Waals surface area contributed by atoms with E-state index in [-0.39, 0.29) is 28.9 Å². The number of fused-ring (bicyclic) bond motifs is 7. The standard InChI is InChI=1S/C29H38N2O4/c1-3-18-16(2)14-22-20(18)10-11-21-19-6-4-8-26(33)30-13-5-7-24-28(34)27(29(35)31-24)25(32)12-9-17(19)15-23(21)22/h4,8-12,16-24,32H,3,5-7,13-15H2,1-2H3,(H,30,33)(H,31,35)/b8-4-,12-9+,27-25-/t16-,17-,18-,19+,20+,21-,22+,23+,24+/m1/s1. The van der Waals surface area contributed by atoms with Crippen molar-refractivity contribution >= 4 is 17.6 Å². The SMILES string of the molecule is CC[C@H]1[C@@H]2C=C[C@@H]3[C@H]4C/C=C\C(=O)NCCC[C@@H]5NC(=O)/C(=C(O)/C=C/[C@@H]4C[C@@H]3[C@H]2C[C@H]1C)C5=O. The van der Waals surface area contributed by atoms with Gasteiger partial charge in [-0.3, -0.25) is 14.4 Å². The molecular formula is C29H38N2O4. The molecule has 2 amide bonds. The maximum atomic E-state index is 12.8. The van der Waals surface area contributed by atoms with Crippen LogP contribution in [0.4, 0.5) is 0 Å². The minimum atomic E-state index is -0.645.